The summed E-state index contributed by atoms with van der Waals surface area (Å²) in [4.78, 5) is 26.0. The minimum Gasteiger partial charge on any atom is -0.507 e. The van der Waals surface area contributed by atoms with Gasteiger partial charge < -0.3 is 20.1 Å². The maximum atomic E-state index is 12.6. The molecule has 0 radical (unpaired) electrons. The van der Waals surface area contributed by atoms with Crippen molar-refractivity contribution in [3.63, 3.8) is 0 Å². The molecule has 1 atom stereocenters. The minimum atomic E-state index is -0.660. The molecule has 2 N–H and O–H groups in total. The van der Waals surface area contributed by atoms with Gasteiger partial charge in [-0.05, 0) is 31.5 Å². The first kappa shape index (κ1) is 15.3. The Bertz CT molecular complexity index is 544. The number of hydrogen-bond acceptors (Lipinski definition) is 5. The fourth-order valence-electron chi connectivity index (χ4n) is 2.37. The number of phenols is 1. The van der Waals surface area contributed by atoms with Crippen molar-refractivity contribution in [3.8, 4) is 5.75 Å². The molecule has 1 fully saturated rings. The third-order valence-electron chi connectivity index (χ3n) is 3.45. The first-order valence-corrected chi connectivity index (χ1v) is 7.02. The molecule has 6 heteroatoms. The highest BCUT2D eigenvalue weighted by Crippen LogP contribution is 2.22. The van der Waals surface area contributed by atoms with Crippen LogP contribution in [0.15, 0.2) is 18.2 Å². The maximum absolute atomic E-state index is 12.6. The summed E-state index contributed by atoms with van der Waals surface area (Å²) in [7, 11) is 0. The van der Waals surface area contributed by atoms with E-state index in [-0.39, 0.29) is 23.8 Å². The molecule has 1 amide bonds. The van der Waals surface area contributed by atoms with Gasteiger partial charge in [0, 0.05) is 19.6 Å². The number of nitrogens with one attached hydrogen (secondary N) is 1. The topological polar surface area (TPSA) is 78.9 Å². The number of ether oxygens (including phenoxy) is 1. The third kappa shape index (κ3) is 3.33. The van der Waals surface area contributed by atoms with Gasteiger partial charge in [0.05, 0.1) is 12.2 Å². The van der Waals surface area contributed by atoms with Crippen LogP contribution in [0.4, 0.5) is 0 Å². The van der Waals surface area contributed by atoms with Crippen molar-refractivity contribution in [2.75, 3.05) is 26.2 Å². The Kier molecular flexibility index (Phi) is 4.80. The molecule has 0 spiro atoms. The van der Waals surface area contributed by atoms with Crippen molar-refractivity contribution < 1.29 is 19.4 Å². The molecule has 0 saturated carbocycles. The fraction of sp³-hybridized carbons (Fsp3) is 0.467. The zero-order chi connectivity index (χ0) is 15.4. The number of aryl methyl sites for hydroxylation is 1. The molecule has 1 aliphatic heterocycles. The predicted molar refractivity (Wildman–Crippen MR) is 77.2 cm³/mol. The summed E-state index contributed by atoms with van der Waals surface area (Å²) in [5.74, 6) is -0.849. The average Bonchev–Trinajstić information content (AvgIpc) is 2.47. The number of rotatable bonds is 3. The Morgan fingerprint density at radius 2 is 2.24 bits per heavy atom. The van der Waals surface area contributed by atoms with Gasteiger partial charge in [0.25, 0.3) is 5.91 Å². The van der Waals surface area contributed by atoms with E-state index >= 15 is 0 Å². The fourth-order valence-corrected chi connectivity index (χ4v) is 2.37. The van der Waals surface area contributed by atoms with Gasteiger partial charge in [-0.15, -0.1) is 0 Å². The number of phenolic OH excluding ortho intramolecular Hbond substituents is 1. The van der Waals surface area contributed by atoms with Gasteiger partial charge in [-0.1, -0.05) is 6.07 Å². The molecular formula is C15H20N2O4. The zero-order valence-electron chi connectivity index (χ0n) is 12.3. The van der Waals surface area contributed by atoms with Crippen LogP contribution < -0.4 is 5.32 Å². The first-order valence-electron chi connectivity index (χ1n) is 7.02. The summed E-state index contributed by atoms with van der Waals surface area (Å²) in [6.07, 6.45) is 0. The number of aromatic hydroxyl groups is 1. The number of piperazine rings is 1. The first-order chi connectivity index (χ1) is 10.0. The SMILES string of the molecule is CCOC(=O)C1CNCCN1C(=O)c1ccc(C)cc1O. The van der Waals surface area contributed by atoms with Crippen molar-refractivity contribution in [2.45, 2.75) is 19.9 Å². The molecule has 1 saturated heterocycles. The van der Waals surface area contributed by atoms with E-state index in [1.807, 2.05) is 6.92 Å². The standard InChI is InChI=1S/C15H20N2O4/c1-3-21-15(20)12-9-16-6-7-17(12)14(19)11-5-4-10(2)8-13(11)18/h4-5,8,12,16,18H,3,6-7,9H2,1-2H3. The van der Waals surface area contributed by atoms with E-state index in [0.29, 0.717) is 19.6 Å². The van der Waals surface area contributed by atoms with Crippen LogP contribution in [0.3, 0.4) is 0 Å². The molecule has 0 bridgehead atoms. The third-order valence-corrected chi connectivity index (χ3v) is 3.45. The van der Waals surface area contributed by atoms with E-state index in [1.165, 1.54) is 11.0 Å². The van der Waals surface area contributed by atoms with Crippen LogP contribution in [0.25, 0.3) is 0 Å². The Morgan fingerprint density at radius 3 is 2.90 bits per heavy atom. The highest BCUT2D eigenvalue weighted by Gasteiger charge is 2.34. The van der Waals surface area contributed by atoms with Crippen LogP contribution in [0.1, 0.15) is 22.8 Å². The Balaban J connectivity index is 2.24. The Hall–Kier alpha value is -2.08. The largest absolute Gasteiger partial charge is 0.507 e. The minimum absolute atomic E-state index is 0.0684. The van der Waals surface area contributed by atoms with E-state index in [1.54, 1.807) is 19.1 Å². The number of amides is 1. The van der Waals surface area contributed by atoms with Crippen molar-refractivity contribution in [1.82, 2.24) is 10.2 Å². The van der Waals surface area contributed by atoms with Gasteiger partial charge in [0.2, 0.25) is 0 Å². The quantitative estimate of drug-likeness (QED) is 0.801. The van der Waals surface area contributed by atoms with Crippen LogP contribution in [-0.4, -0.2) is 54.2 Å². The highest BCUT2D eigenvalue weighted by molar-refractivity contribution is 5.99. The van der Waals surface area contributed by atoms with E-state index in [4.69, 9.17) is 4.74 Å². The molecular weight excluding hydrogens is 272 g/mol. The smallest absolute Gasteiger partial charge is 0.330 e. The molecule has 0 aromatic heterocycles. The molecule has 2 rings (SSSR count). The second kappa shape index (κ2) is 6.58. The highest BCUT2D eigenvalue weighted by atomic mass is 16.5. The average molecular weight is 292 g/mol. The molecule has 1 aromatic carbocycles. The zero-order valence-corrected chi connectivity index (χ0v) is 12.3. The Morgan fingerprint density at radius 1 is 1.48 bits per heavy atom. The van der Waals surface area contributed by atoms with Crippen LogP contribution >= 0.6 is 0 Å². The van der Waals surface area contributed by atoms with Gasteiger partial charge in [0.1, 0.15) is 11.8 Å². The van der Waals surface area contributed by atoms with Gasteiger partial charge in [-0.3, -0.25) is 4.79 Å². The summed E-state index contributed by atoms with van der Waals surface area (Å²) >= 11 is 0. The van der Waals surface area contributed by atoms with Crippen molar-refractivity contribution in [2.24, 2.45) is 0 Å². The molecule has 1 unspecified atom stereocenters. The van der Waals surface area contributed by atoms with Gasteiger partial charge in [-0.2, -0.15) is 0 Å². The lowest BCUT2D eigenvalue weighted by Gasteiger charge is -2.34. The molecule has 1 aromatic rings. The molecule has 1 aliphatic rings. The van der Waals surface area contributed by atoms with Crippen LogP contribution in [-0.2, 0) is 9.53 Å². The Labute approximate surface area is 123 Å². The normalized spacial score (nSPS) is 18.4. The van der Waals surface area contributed by atoms with Crippen molar-refractivity contribution in [3.05, 3.63) is 29.3 Å². The van der Waals surface area contributed by atoms with Crippen molar-refractivity contribution in [1.29, 1.82) is 0 Å². The maximum Gasteiger partial charge on any atom is 0.330 e. The van der Waals surface area contributed by atoms with E-state index in [2.05, 4.69) is 5.32 Å². The molecule has 21 heavy (non-hydrogen) atoms. The molecule has 6 nitrogen and oxygen atoms in total. The van der Waals surface area contributed by atoms with Gasteiger partial charge in [-0.25, -0.2) is 4.79 Å². The van der Waals surface area contributed by atoms with E-state index < -0.39 is 12.0 Å². The second-order valence-corrected chi connectivity index (χ2v) is 4.99. The number of hydrogen-bond donors (Lipinski definition) is 2. The van der Waals surface area contributed by atoms with E-state index in [0.717, 1.165) is 5.56 Å². The predicted octanol–water partition coefficient (Wildman–Crippen LogP) is 0.678. The monoisotopic (exact) mass is 292 g/mol. The number of esters is 1. The lowest BCUT2D eigenvalue weighted by Crippen LogP contribution is -2.57. The summed E-state index contributed by atoms with van der Waals surface area (Å²) in [6, 6.07) is 4.22. The number of benzene rings is 1. The molecule has 114 valence electrons. The van der Waals surface area contributed by atoms with Crippen molar-refractivity contribution >= 4 is 11.9 Å². The summed E-state index contributed by atoms with van der Waals surface area (Å²) < 4.78 is 5.01. The van der Waals surface area contributed by atoms with Crippen LogP contribution in [0.2, 0.25) is 0 Å². The second-order valence-electron chi connectivity index (χ2n) is 4.99. The van der Waals surface area contributed by atoms with E-state index in [9.17, 15) is 14.7 Å². The lowest BCUT2D eigenvalue weighted by atomic mass is 10.1. The molecule has 0 aliphatic carbocycles. The summed E-state index contributed by atoms with van der Waals surface area (Å²) in [6.45, 7) is 5.20. The molecule has 1 heterocycles. The number of nitrogens with zero attached hydrogens (tertiary/aromatic N) is 1. The number of carbonyl (C=O) groups excluding carboxylic acids is 2. The van der Waals surface area contributed by atoms with Gasteiger partial charge >= 0.3 is 5.97 Å². The lowest BCUT2D eigenvalue weighted by molar-refractivity contribution is -0.149. The summed E-state index contributed by atoms with van der Waals surface area (Å²) in [5, 5.41) is 13.0. The number of carbonyl (C=O) groups is 2. The van der Waals surface area contributed by atoms with Crippen LogP contribution in [0.5, 0.6) is 5.75 Å². The van der Waals surface area contributed by atoms with Gasteiger partial charge in [0.15, 0.2) is 0 Å². The summed E-state index contributed by atoms with van der Waals surface area (Å²) in [5.41, 5.74) is 1.07. The van der Waals surface area contributed by atoms with Crippen LogP contribution in [0, 0.1) is 6.92 Å².